The highest BCUT2D eigenvalue weighted by molar-refractivity contribution is 6.16. The van der Waals surface area contributed by atoms with E-state index in [1.165, 1.54) is 4.90 Å². The Morgan fingerprint density at radius 3 is 2.44 bits per heavy atom. The lowest BCUT2D eigenvalue weighted by Gasteiger charge is -2.27. The van der Waals surface area contributed by atoms with Crippen LogP contribution >= 0.6 is 0 Å². The molecule has 2 aromatic heterocycles. The van der Waals surface area contributed by atoms with Gasteiger partial charge in [-0.25, -0.2) is 0 Å². The monoisotopic (exact) mass is 453 g/mol. The SMILES string of the molecule is CN(C)c1ccc(C2C(C(=O)c3cc4ccccc4o3)=C(O)C(=O)N2Cc2ccncc2)cc1. The van der Waals surface area contributed by atoms with E-state index < -0.39 is 23.5 Å². The number of anilines is 1. The van der Waals surface area contributed by atoms with Crippen LogP contribution in [0.2, 0.25) is 0 Å². The number of carbonyl (C=O) groups excluding carboxylic acids is 2. The van der Waals surface area contributed by atoms with E-state index in [0.717, 1.165) is 22.2 Å². The summed E-state index contributed by atoms with van der Waals surface area (Å²) in [6.45, 7) is 0.211. The van der Waals surface area contributed by atoms with Crippen LogP contribution in [0.3, 0.4) is 0 Å². The predicted octanol–water partition coefficient (Wildman–Crippen LogP) is 4.67. The largest absolute Gasteiger partial charge is 0.503 e. The Hall–Kier alpha value is -4.39. The molecule has 1 N–H and O–H groups in total. The van der Waals surface area contributed by atoms with Gasteiger partial charge in [0.05, 0.1) is 11.6 Å². The summed E-state index contributed by atoms with van der Waals surface area (Å²) in [5.74, 6) is -1.59. The van der Waals surface area contributed by atoms with E-state index in [9.17, 15) is 14.7 Å². The Balaban J connectivity index is 1.59. The van der Waals surface area contributed by atoms with Gasteiger partial charge in [0.25, 0.3) is 5.91 Å². The van der Waals surface area contributed by atoms with Crippen LogP contribution < -0.4 is 4.90 Å². The van der Waals surface area contributed by atoms with Gasteiger partial charge in [-0.2, -0.15) is 0 Å². The molecule has 0 fully saturated rings. The van der Waals surface area contributed by atoms with Crippen LogP contribution in [0.15, 0.2) is 94.9 Å². The molecule has 4 aromatic rings. The molecule has 1 atom stereocenters. The molecule has 0 saturated heterocycles. The summed E-state index contributed by atoms with van der Waals surface area (Å²) in [6, 6.07) is 19.4. The van der Waals surface area contributed by atoms with Crippen LogP contribution in [0.4, 0.5) is 5.69 Å². The van der Waals surface area contributed by atoms with Crippen molar-refractivity contribution in [3.8, 4) is 0 Å². The van der Waals surface area contributed by atoms with E-state index in [4.69, 9.17) is 4.42 Å². The van der Waals surface area contributed by atoms with Crippen LogP contribution in [0.1, 0.15) is 27.7 Å². The number of benzene rings is 2. The second kappa shape index (κ2) is 8.51. The number of aliphatic hydroxyl groups is 1. The standard InChI is InChI=1S/C27H23N3O4/c1-29(2)20-9-7-18(8-10-20)24-23(25(31)22-15-19-5-3-4-6-21(19)34-22)26(32)27(33)30(24)16-17-11-13-28-14-12-17/h3-15,24,32H,16H2,1-2H3. The molecule has 0 radical (unpaired) electrons. The third kappa shape index (κ3) is 3.71. The van der Waals surface area contributed by atoms with Gasteiger partial charge >= 0.3 is 0 Å². The second-order valence-electron chi connectivity index (χ2n) is 8.42. The number of para-hydroxylation sites is 1. The molecule has 2 aromatic carbocycles. The molecule has 1 unspecified atom stereocenters. The topological polar surface area (TPSA) is 86.9 Å². The van der Waals surface area contributed by atoms with E-state index in [0.29, 0.717) is 5.58 Å². The molecule has 1 amide bonds. The number of amides is 1. The van der Waals surface area contributed by atoms with Crippen molar-refractivity contribution in [1.29, 1.82) is 0 Å². The summed E-state index contributed by atoms with van der Waals surface area (Å²) < 4.78 is 5.77. The number of ketones is 1. The zero-order chi connectivity index (χ0) is 23.8. The Labute approximate surface area is 196 Å². The molecular weight excluding hydrogens is 430 g/mol. The number of hydrogen-bond donors (Lipinski definition) is 1. The maximum absolute atomic E-state index is 13.6. The fourth-order valence-corrected chi connectivity index (χ4v) is 4.26. The molecule has 1 aliphatic heterocycles. The lowest BCUT2D eigenvalue weighted by Crippen LogP contribution is -2.30. The Kier molecular flexibility index (Phi) is 5.37. The van der Waals surface area contributed by atoms with Gasteiger partial charge in [0.1, 0.15) is 5.58 Å². The van der Waals surface area contributed by atoms with E-state index in [-0.39, 0.29) is 17.9 Å². The third-order valence-corrected chi connectivity index (χ3v) is 6.03. The first-order valence-corrected chi connectivity index (χ1v) is 10.9. The molecule has 3 heterocycles. The molecular formula is C27H23N3O4. The first-order valence-electron chi connectivity index (χ1n) is 10.9. The number of nitrogens with zero attached hydrogens (tertiary/aromatic N) is 3. The maximum Gasteiger partial charge on any atom is 0.290 e. The van der Waals surface area contributed by atoms with Crippen molar-refractivity contribution >= 4 is 28.3 Å². The number of fused-ring (bicyclic) bond motifs is 1. The van der Waals surface area contributed by atoms with Crippen LogP contribution in [-0.4, -0.2) is 40.8 Å². The van der Waals surface area contributed by atoms with E-state index >= 15 is 0 Å². The average molecular weight is 453 g/mol. The van der Waals surface area contributed by atoms with E-state index in [1.54, 1.807) is 36.7 Å². The Morgan fingerprint density at radius 1 is 1.06 bits per heavy atom. The maximum atomic E-state index is 13.6. The predicted molar refractivity (Wildman–Crippen MR) is 128 cm³/mol. The van der Waals surface area contributed by atoms with Crippen molar-refractivity contribution in [2.24, 2.45) is 0 Å². The van der Waals surface area contributed by atoms with Gasteiger partial charge in [0.2, 0.25) is 5.78 Å². The van der Waals surface area contributed by atoms with Crippen LogP contribution in [0, 0.1) is 0 Å². The first kappa shape index (κ1) is 21.5. The molecule has 5 rings (SSSR count). The number of pyridine rings is 1. The molecule has 34 heavy (non-hydrogen) atoms. The third-order valence-electron chi connectivity index (χ3n) is 6.03. The van der Waals surface area contributed by atoms with Crippen LogP contribution in [-0.2, 0) is 11.3 Å². The highest BCUT2D eigenvalue weighted by Gasteiger charge is 2.44. The van der Waals surface area contributed by atoms with Gasteiger partial charge in [0.15, 0.2) is 11.5 Å². The number of hydrogen-bond acceptors (Lipinski definition) is 6. The summed E-state index contributed by atoms with van der Waals surface area (Å²) in [5.41, 5.74) is 3.11. The second-order valence-corrected chi connectivity index (χ2v) is 8.42. The number of furan rings is 1. The number of rotatable bonds is 6. The van der Waals surface area contributed by atoms with E-state index in [1.807, 2.05) is 61.5 Å². The minimum Gasteiger partial charge on any atom is -0.503 e. The normalized spacial score (nSPS) is 15.9. The van der Waals surface area contributed by atoms with Crippen molar-refractivity contribution in [1.82, 2.24) is 9.88 Å². The number of Topliss-reactive ketones (excluding diaryl/α,β-unsaturated/α-hetero) is 1. The van der Waals surface area contributed by atoms with Gasteiger partial charge in [-0.05, 0) is 47.5 Å². The number of aliphatic hydroxyl groups excluding tert-OH is 1. The van der Waals surface area contributed by atoms with Crippen molar-refractivity contribution in [2.45, 2.75) is 12.6 Å². The lowest BCUT2D eigenvalue weighted by molar-refractivity contribution is -0.130. The van der Waals surface area contributed by atoms with Gasteiger partial charge in [-0.1, -0.05) is 30.3 Å². The van der Waals surface area contributed by atoms with Gasteiger partial charge in [-0.3, -0.25) is 14.6 Å². The van der Waals surface area contributed by atoms with Gasteiger partial charge < -0.3 is 19.3 Å². The molecule has 1 aliphatic rings. The molecule has 0 bridgehead atoms. The quantitative estimate of drug-likeness (QED) is 0.427. The number of aromatic nitrogens is 1. The molecule has 0 aliphatic carbocycles. The zero-order valence-corrected chi connectivity index (χ0v) is 18.8. The van der Waals surface area contributed by atoms with Crippen molar-refractivity contribution in [2.75, 3.05) is 19.0 Å². The molecule has 0 saturated carbocycles. The highest BCUT2D eigenvalue weighted by atomic mass is 16.3. The minimum absolute atomic E-state index is 0.00992. The van der Waals surface area contributed by atoms with Gasteiger partial charge in [-0.15, -0.1) is 0 Å². The lowest BCUT2D eigenvalue weighted by atomic mass is 9.94. The molecule has 0 spiro atoms. The van der Waals surface area contributed by atoms with Crippen LogP contribution in [0.25, 0.3) is 11.0 Å². The number of carbonyl (C=O) groups is 2. The Bertz CT molecular complexity index is 1370. The van der Waals surface area contributed by atoms with E-state index in [2.05, 4.69) is 4.98 Å². The summed E-state index contributed by atoms with van der Waals surface area (Å²) in [4.78, 5) is 34.3. The molecule has 7 nitrogen and oxygen atoms in total. The summed E-state index contributed by atoms with van der Waals surface area (Å²) in [6.07, 6.45) is 3.29. The van der Waals surface area contributed by atoms with Crippen LogP contribution in [0.5, 0.6) is 0 Å². The Morgan fingerprint density at radius 2 is 1.76 bits per heavy atom. The van der Waals surface area contributed by atoms with Crippen molar-refractivity contribution in [3.63, 3.8) is 0 Å². The summed E-state index contributed by atoms with van der Waals surface area (Å²) in [7, 11) is 3.87. The highest BCUT2D eigenvalue weighted by Crippen LogP contribution is 2.40. The molecule has 170 valence electrons. The summed E-state index contributed by atoms with van der Waals surface area (Å²) in [5, 5.41) is 11.7. The smallest absolute Gasteiger partial charge is 0.290 e. The molecule has 7 heteroatoms. The van der Waals surface area contributed by atoms with Gasteiger partial charge in [0, 0.05) is 44.1 Å². The average Bonchev–Trinajstić information content (AvgIpc) is 3.39. The fourth-order valence-electron chi connectivity index (χ4n) is 4.26. The summed E-state index contributed by atoms with van der Waals surface area (Å²) >= 11 is 0. The minimum atomic E-state index is -0.766. The first-order chi connectivity index (χ1) is 16.4. The van der Waals surface area contributed by atoms with Crippen molar-refractivity contribution in [3.05, 3.63) is 107 Å². The van der Waals surface area contributed by atoms with Crippen molar-refractivity contribution < 1.29 is 19.1 Å². The zero-order valence-electron chi connectivity index (χ0n) is 18.8. The fraction of sp³-hybridized carbons (Fsp3) is 0.148.